The van der Waals surface area contributed by atoms with Crippen molar-refractivity contribution in [2.75, 3.05) is 13.2 Å². The van der Waals surface area contributed by atoms with Crippen LogP contribution in [0.5, 0.6) is 0 Å². The van der Waals surface area contributed by atoms with Crippen LogP contribution in [0.15, 0.2) is 61.1 Å². The van der Waals surface area contributed by atoms with E-state index in [2.05, 4.69) is 32.0 Å². The van der Waals surface area contributed by atoms with Gasteiger partial charge in [-0.05, 0) is 62.5 Å². The van der Waals surface area contributed by atoms with Gasteiger partial charge in [0.05, 0.1) is 36.3 Å². The second-order valence-corrected chi connectivity index (χ2v) is 7.39. The number of thiocarbonyl (C=S) groups is 1. The number of carbonyl (C=O) groups excluding carboxylic acids is 1. The molecule has 2 unspecified atom stereocenters. The summed E-state index contributed by atoms with van der Waals surface area (Å²) in [4.78, 5) is 23.0. The van der Waals surface area contributed by atoms with Gasteiger partial charge < -0.3 is 19.5 Å². The number of carbonyl (C=O) groups is 1. The number of nitrogens with one attached hydrogen (secondary N) is 1. The Morgan fingerprint density at radius 2 is 2.07 bits per heavy atom. The monoisotopic (exact) mass is 421 g/mol. The van der Waals surface area contributed by atoms with Crippen LogP contribution < -0.4 is 5.32 Å². The van der Waals surface area contributed by atoms with E-state index in [0.717, 1.165) is 22.8 Å². The molecule has 1 aliphatic heterocycles. The Hall–Kier alpha value is -3.26. The van der Waals surface area contributed by atoms with Gasteiger partial charge in [0.1, 0.15) is 6.54 Å². The number of hydrogen-bond acceptors (Lipinski definition) is 5. The van der Waals surface area contributed by atoms with Gasteiger partial charge in [-0.25, -0.2) is 0 Å². The van der Waals surface area contributed by atoms with E-state index in [1.54, 1.807) is 19.3 Å². The molecule has 1 N–H and O–H groups in total. The number of ether oxygens (including phenoxy) is 1. The van der Waals surface area contributed by atoms with Crippen molar-refractivity contribution in [1.82, 2.24) is 24.8 Å². The Kier molecular flexibility index (Phi) is 5.76. The summed E-state index contributed by atoms with van der Waals surface area (Å²) in [6.07, 6.45) is 5.33. The Labute approximate surface area is 180 Å². The standard InChI is InChI=1S/C22H23N5O2S/c1-3-29-19(28)14-26-21(20(25-22(26)30)17-8-4-5-12-24-17)18-10-9-15(2)27(18)16-7-6-11-23-13-16/h4-13,20-21H,3,14H2,1-2H3,(H,25,30). The van der Waals surface area contributed by atoms with E-state index in [-0.39, 0.29) is 24.6 Å². The molecule has 4 heterocycles. The van der Waals surface area contributed by atoms with Crippen LogP contribution in [-0.2, 0) is 9.53 Å². The molecule has 0 spiro atoms. The lowest BCUT2D eigenvalue weighted by Crippen LogP contribution is -2.36. The van der Waals surface area contributed by atoms with E-state index in [0.29, 0.717) is 11.7 Å². The van der Waals surface area contributed by atoms with E-state index in [4.69, 9.17) is 17.0 Å². The fourth-order valence-corrected chi connectivity index (χ4v) is 4.18. The average Bonchev–Trinajstić information content (AvgIpc) is 3.29. The van der Waals surface area contributed by atoms with Gasteiger partial charge in [0.2, 0.25) is 0 Å². The maximum Gasteiger partial charge on any atom is 0.325 e. The summed E-state index contributed by atoms with van der Waals surface area (Å²) in [6.45, 7) is 4.23. The van der Waals surface area contributed by atoms with Crippen molar-refractivity contribution < 1.29 is 9.53 Å². The highest BCUT2D eigenvalue weighted by Gasteiger charge is 2.42. The SMILES string of the molecule is CCOC(=O)CN1C(=S)NC(c2ccccn2)C1c1ccc(C)n1-c1cccnc1. The highest BCUT2D eigenvalue weighted by Crippen LogP contribution is 2.40. The molecule has 0 aliphatic carbocycles. The first-order valence-electron chi connectivity index (χ1n) is 9.82. The van der Waals surface area contributed by atoms with Crippen molar-refractivity contribution in [3.8, 4) is 5.69 Å². The summed E-state index contributed by atoms with van der Waals surface area (Å²) < 4.78 is 7.34. The molecule has 30 heavy (non-hydrogen) atoms. The molecule has 4 rings (SSSR count). The number of nitrogens with zero attached hydrogens (tertiary/aromatic N) is 4. The minimum atomic E-state index is -0.315. The molecule has 0 radical (unpaired) electrons. The molecule has 1 aliphatic rings. The van der Waals surface area contributed by atoms with Crippen LogP contribution in [0.4, 0.5) is 0 Å². The largest absolute Gasteiger partial charge is 0.465 e. The molecule has 3 aromatic heterocycles. The van der Waals surface area contributed by atoms with E-state index < -0.39 is 0 Å². The predicted octanol–water partition coefficient (Wildman–Crippen LogP) is 3.11. The Bertz CT molecular complexity index is 1040. The molecule has 2 atom stereocenters. The third-order valence-corrected chi connectivity index (χ3v) is 5.47. The molecule has 0 bridgehead atoms. The van der Waals surface area contributed by atoms with E-state index in [1.807, 2.05) is 48.4 Å². The van der Waals surface area contributed by atoms with E-state index in [9.17, 15) is 4.79 Å². The maximum atomic E-state index is 12.3. The summed E-state index contributed by atoms with van der Waals surface area (Å²) in [6, 6.07) is 13.4. The van der Waals surface area contributed by atoms with Gasteiger partial charge >= 0.3 is 5.97 Å². The van der Waals surface area contributed by atoms with Crippen LogP contribution in [0.25, 0.3) is 5.69 Å². The van der Waals surface area contributed by atoms with Gasteiger partial charge in [-0.2, -0.15) is 0 Å². The predicted molar refractivity (Wildman–Crippen MR) is 117 cm³/mol. The van der Waals surface area contributed by atoms with Crippen molar-refractivity contribution in [1.29, 1.82) is 0 Å². The zero-order valence-electron chi connectivity index (χ0n) is 16.9. The van der Waals surface area contributed by atoms with Crippen LogP contribution in [-0.4, -0.2) is 43.7 Å². The third-order valence-electron chi connectivity index (χ3n) is 5.12. The fourth-order valence-electron chi connectivity index (χ4n) is 3.87. The van der Waals surface area contributed by atoms with E-state index >= 15 is 0 Å². The van der Waals surface area contributed by atoms with Gasteiger partial charge in [-0.1, -0.05) is 6.07 Å². The van der Waals surface area contributed by atoms with Crippen LogP contribution in [0.3, 0.4) is 0 Å². The smallest absolute Gasteiger partial charge is 0.325 e. The highest BCUT2D eigenvalue weighted by molar-refractivity contribution is 7.80. The molecule has 0 saturated carbocycles. The van der Waals surface area contributed by atoms with Crippen molar-refractivity contribution in [2.45, 2.75) is 25.9 Å². The first kappa shape index (κ1) is 20.0. The maximum absolute atomic E-state index is 12.3. The zero-order chi connectivity index (χ0) is 21.1. The summed E-state index contributed by atoms with van der Waals surface area (Å²) in [5.74, 6) is -0.315. The Morgan fingerprint density at radius 1 is 1.20 bits per heavy atom. The van der Waals surface area contributed by atoms with Gasteiger partial charge in [0.15, 0.2) is 5.11 Å². The highest BCUT2D eigenvalue weighted by atomic mass is 32.1. The van der Waals surface area contributed by atoms with Crippen molar-refractivity contribution >= 4 is 23.3 Å². The summed E-state index contributed by atoms with van der Waals surface area (Å²) in [5, 5.41) is 3.86. The second kappa shape index (κ2) is 8.62. The minimum absolute atomic E-state index is 0.0605. The molecular formula is C22H23N5O2S. The molecular weight excluding hydrogens is 398 g/mol. The second-order valence-electron chi connectivity index (χ2n) is 7.01. The molecule has 7 nitrogen and oxygen atoms in total. The summed E-state index contributed by atoms with van der Waals surface area (Å²) in [5.41, 5.74) is 3.86. The number of hydrogen-bond donors (Lipinski definition) is 1. The Morgan fingerprint density at radius 3 is 2.77 bits per heavy atom. The number of esters is 1. The third kappa shape index (κ3) is 3.78. The van der Waals surface area contributed by atoms with Gasteiger partial charge in [-0.3, -0.25) is 14.8 Å². The molecule has 154 valence electrons. The summed E-state index contributed by atoms with van der Waals surface area (Å²) in [7, 11) is 0. The van der Waals surface area contributed by atoms with Crippen LogP contribution in [0, 0.1) is 6.92 Å². The lowest BCUT2D eigenvalue weighted by molar-refractivity contribution is -0.143. The lowest BCUT2D eigenvalue weighted by Gasteiger charge is -2.28. The lowest BCUT2D eigenvalue weighted by atomic mass is 10.0. The number of rotatable bonds is 6. The normalized spacial score (nSPS) is 18.3. The van der Waals surface area contributed by atoms with Crippen molar-refractivity contribution in [3.63, 3.8) is 0 Å². The summed E-state index contributed by atoms with van der Waals surface area (Å²) >= 11 is 5.62. The van der Waals surface area contributed by atoms with Crippen LogP contribution >= 0.6 is 12.2 Å². The molecule has 0 aromatic carbocycles. The number of aryl methyl sites for hydroxylation is 1. The average molecular weight is 422 g/mol. The molecule has 1 saturated heterocycles. The number of aromatic nitrogens is 3. The minimum Gasteiger partial charge on any atom is -0.465 e. The quantitative estimate of drug-likeness (QED) is 0.484. The van der Waals surface area contributed by atoms with Crippen molar-refractivity contribution in [3.05, 3.63) is 78.1 Å². The molecule has 8 heteroatoms. The topological polar surface area (TPSA) is 72.3 Å². The molecule has 0 amide bonds. The molecule has 1 fully saturated rings. The van der Waals surface area contributed by atoms with Gasteiger partial charge in [0.25, 0.3) is 0 Å². The Balaban J connectivity index is 1.82. The fraction of sp³-hybridized carbons (Fsp3) is 0.273. The van der Waals surface area contributed by atoms with Crippen LogP contribution in [0.2, 0.25) is 0 Å². The van der Waals surface area contributed by atoms with Crippen molar-refractivity contribution in [2.24, 2.45) is 0 Å². The molecule has 3 aromatic rings. The number of pyridine rings is 2. The zero-order valence-corrected chi connectivity index (χ0v) is 17.7. The first-order chi connectivity index (χ1) is 14.6. The van der Waals surface area contributed by atoms with E-state index in [1.165, 1.54) is 0 Å². The van der Waals surface area contributed by atoms with Gasteiger partial charge in [-0.15, -0.1) is 0 Å². The van der Waals surface area contributed by atoms with Gasteiger partial charge in [0, 0.05) is 23.8 Å². The van der Waals surface area contributed by atoms with Crippen LogP contribution in [0.1, 0.15) is 36.1 Å². The first-order valence-corrected chi connectivity index (χ1v) is 10.2.